The van der Waals surface area contributed by atoms with Crippen LogP contribution in [0.2, 0.25) is 0 Å². The average Bonchev–Trinajstić information content (AvgIpc) is 3.78. The third-order valence-electron chi connectivity index (χ3n) is 10.3. The highest BCUT2D eigenvalue weighted by Gasteiger charge is 2.25. The second-order valence-electron chi connectivity index (χ2n) is 13.4. The van der Waals surface area contributed by atoms with Crippen LogP contribution in [0.1, 0.15) is 22.9 Å². The molecule has 4 nitrogen and oxygen atoms in total. The zero-order chi connectivity index (χ0) is 34.2. The summed E-state index contributed by atoms with van der Waals surface area (Å²) in [7, 11) is 0. The zero-order valence-corrected chi connectivity index (χ0v) is 28.7. The Kier molecular flexibility index (Phi) is 6.45. The second-order valence-corrected chi connectivity index (χ2v) is 14.5. The van der Waals surface area contributed by atoms with Crippen LogP contribution in [-0.2, 0) is 0 Å². The summed E-state index contributed by atoms with van der Waals surface area (Å²) < 4.78 is 9.19. The highest BCUT2D eigenvalue weighted by atomic mass is 32.1. The summed E-state index contributed by atoms with van der Waals surface area (Å²) in [6.45, 7) is 0. The monoisotopic (exact) mass is 683 g/mol. The standard InChI is InChI=1S/C47H29N3OS/c1-3-11-30-25-33(21-19-28(30)9-1)45-48-46(34-22-20-29-10-2-4-12-31(29)26-34)50-47(49-45)37-15-8-17-40-44(37)43-35(14-7-16-39(43)51-40)32-23-24-42-38(27-32)36-13-5-6-18-41(36)52-42/h1-27,45H,(H,48,49,50). The van der Waals surface area contributed by atoms with Gasteiger partial charge in [0.1, 0.15) is 23.2 Å². The molecule has 11 rings (SSSR count). The molecule has 10 aromatic rings. The van der Waals surface area contributed by atoms with Gasteiger partial charge in [-0.15, -0.1) is 11.3 Å². The van der Waals surface area contributed by atoms with E-state index in [1.807, 2.05) is 11.3 Å². The SMILES string of the molecule is c1ccc2cc(C3=NC(c4ccc5ccccc5c4)NC(c4cccc5oc6cccc(-c7ccc8sc9ccccc9c8c7)c6c45)=N3)ccc2c1. The minimum absolute atomic E-state index is 0.347. The number of amidine groups is 2. The Morgan fingerprint density at radius 1 is 0.500 bits per heavy atom. The van der Waals surface area contributed by atoms with Crippen LogP contribution in [-0.4, -0.2) is 11.7 Å². The average molecular weight is 684 g/mol. The summed E-state index contributed by atoms with van der Waals surface area (Å²) in [5.74, 6) is 1.45. The van der Waals surface area contributed by atoms with Crippen LogP contribution in [0.5, 0.6) is 0 Å². The molecule has 0 radical (unpaired) electrons. The Balaban J connectivity index is 1.12. The van der Waals surface area contributed by atoms with Crippen LogP contribution in [0.4, 0.5) is 0 Å². The van der Waals surface area contributed by atoms with Crippen molar-refractivity contribution in [2.75, 3.05) is 0 Å². The van der Waals surface area contributed by atoms with E-state index in [4.69, 9.17) is 14.4 Å². The molecule has 0 bridgehead atoms. The van der Waals surface area contributed by atoms with Gasteiger partial charge >= 0.3 is 0 Å². The van der Waals surface area contributed by atoms with Crippen molar-refractivity contribution in [1.29, 1.82) is 0 Å². The second kappa shape index (κ2) is 11.5. The van der Waals surface area contributed by atoms with Crippen LogP contribution in [0, 0.1) is 0 Å². The lowest BCUT2D eigenvalue weighted by Crippen LogP contribution is -2.33. The van der Waals surface area contributed by atoms with Gasteiger partial charge in [-0.2, -0.15) is 0 Å². The van der Waals surface area contributed by atoms with Crippen LogP contribution in [0.15, 0.2) is 178 Å². The topological polar surface area (TPSA) is 49.9 Å². The first-order valence-electron chi connectivity index (χ1n) is 17.5. The Labute approximate surface area is 303 Å². The third-order valence-corrected chi connectivity index (χ3v) is 11.5. The number of fused-ring (bicyclic) bond motifs is 8. The van der Waals surface area contributed by atoms with E-state index in [2.05, 4.69) is 169 Å². The first kappa shape index (κ1) is 29.2. The van der Waals surface area contributed by atoms with E-state index in [-0.39, 0.29) is 6.17 Å². The minimum atomic E-state index is -0.347. The molecule has 52 heavy (non-hydrogen) atoms. The van der Waals surface area contributed by atoms with Crippen LogP contribution < -0.4 is 5.32 Å². The molecule has 3 heterocycles. The normalized spacial score (nSPS) is 14.7. The molecular weight excluding hydrogens is 655 g/mol. The molecule has 0 spiro atoms. The molecule has 1 N–H and O–H groups in total. The molecule has 0 aliphatic carbocycles. The molecule has 1 unspecified atom stereocenters. The number of hydrogen-bond acceptors (Lipinski definition) is 5. The fourth-order valence-corrected chi connectivity index (χ4v) is 8.88. The van der Waals surface area contributed by atoms with E-state index >= 15 is 0 Å². The van der Waals surface area contributed by atoms with Gasteiger partial charge in [0.15, 0.2) is 5.84 Å². The van der Waals surface area contributed by atoms with Gasteiger partial charge in [0, 0.05) is 42.1 Å². The summed E-state index contributed by atoms with van der Waals surface area (Å²) in [5.41, 5.74) is 6.99. The number of hydrogen-bond donors (Lipinski definition) is 1. The largest absolute Gasteiger partial charge is 0.456 e. The fraction of sp³-hybridized carbons (Fsp3) is 0.0213. The maximum atomic E-state index is 6.60. The Hall–Kier alpha value is -6.56. The first-order chi connectivity index (χ1) is 25.7. The molecule has 0 fully saturated rings. The van der Waals surface area contributed by atoms with Crippen molar-refractivity contribution >= 4 is 86.7 Å². The van der Waals surface area contributed by atoms with Gasteiger partial charge < -0.3 is 9.73 Å². The molecular formula is C47H29N3OS. The summed E-state index contributed by atoms with van der Waals surface area (Å²) in [6, 6.07) is 58.0. The number of furan rings is 1. The van der Waals surface area contributed by atoms with Crippen molar-refractivity contribution in [1.82, 2.24) is 5.32 Å². The number of benzene rings is 8. The molecule has 5 heteroatoms. The van der Waals surface area contributed by atoms with Crippen molar-refractivity contribution in [3.8, 4) is 11.1 Å². The van der Waals surface area contributed by atoms with E-state index in [0.29, 0.717) is 5.84 Å². The number of thiophene rings is 1. The molecule has 1 atom stereocenters. The van der Waals surface area contributed by atoms with E-state index in [1.165, 1.54) is 36.3 Å². The number of rotatable bonds is 4. The van der Waals surface area contributed by atoms with Gasteiger partial charge in [0.25, 0.3) is 0 Å². The molecule has 244 valence electrons. The summed E-state index contributed by atoms with van der Waals surface area (Å²) in [6.07, 6.45) is -0.347. The Morgan fingerprint density at radius 3 is 1.98 bits per heavy atom. The predicted molar refractivity (Wildman–Crippen MR) is 219 cm³/mol. The van der Waals surface area contributed by atoms with Crippen LogP contribution >= 0.6 is 11.3 Å². The minimum Gasteiger partial charge on any atom is -0.456 e. The molecule has 1 aliphatic heterocycles. The molecule has 1 aliphatic rings. The highest BCUT2D eigenvalue weighted by molar-refractivity contribution is 7.25. The van der Waals surface area contributed by atoms with Crippen LogP contribution in [0.25, 0.3) is 74.8 Å². The van der Waals surface area contributed by atoms with Gasteiger partial charge in [0.2, 0.25) is 0 Å². The third kappa shape index (κ3) is 4.67. The van der Waals surface area contributed by atoms with Crippen molar-refractivity contribution in [2.24, 2.45) is 9.98 Å². The van der Waals surface area contributed by atoms with Crippen molar-refractivity contribution in [3.63, 3.8) is 0 Å². The summed E-state index contributed by atoms with van der Waals surface area (Å²) in [5, 5.41) is 13.1. The molecule has 8 aromatic carbocycles. The Bertz CT molecular complexity index is 3130. The van der Waals surface area contributed by atoms with Gasteiger partial charge in [-0.1, -0.05) is 121 Å². The van der Waals surface area contributed by atoms with E-state index in [0.717, 1.165) is 61.0 Å². The smallest absolute Gasteiger partial charge is 0.159 e. The predicted octanol–water partition coefficient (Wildman–Crippen LogP) is 12.4. The highest BCUT2D eigenvalue weighted by Crippen LogP contribution is 2.42. The lowest BCUT2D eigenvalue weighted by atomic mass is 9.95. The van der Waals surface area contributed by atoms with Gasteiger partial charge in [-0.25, -0.2) is 9.98 Å². The maximum Gasteiger partial charge on any atom is 0.159 e. The van der Waals surface area contributed by atoms with Gasteiger partial charge in [0.05, 0.1) is 0 Å². The van der Waals surface area contributed by atoms with Crippen molar-refractivity contribution < 1.29 is 4.42 Å². The fourth-order valence-electron chi connectivity index (χ4n) is 7.79. The summed E-state index contributed by atoms with van der Waals surface area (Å²) >= 11 is 1.84. The molecule has 0 saturated carbocycles. The molecule has 0 amide bonds. The van der Waals surface area contributed by atoms with Crippen molar-refractivity contribution in [3.05, 3.63) is 180 Å². The quantitative estimate of drug-likeness (QED) is 0.201. The van der Waals surface area contributed by atoms with E-state index in [1.54, 1.807) is 0 Å². The number of nitrogens with one attached hydrogen (secondary N) is 1. The van der Waals surface area contributed by atoms with Gasteiger partial charge in [-0.3, -0.25) is 0 Å². The van der Waals surface area contributed by atoms with E-state index < -0.39 is 0 Å². The van der Waals surface area contributed by atoms with E-state index in [9.17, 15) is 0 Å². The van der Waals surface area contributed by atoms with Crippen LogP contribution in [0.3, 0.4) is 0 Å². The first-order valence-corrected chi connectivity index (χ1v) is 18.3. The van der Waals surface area contributed by atoms with Crippen molar-refractivity contribution in [2.45, 2.75) is 6.17 Å². The zero-order valence-electron chi connectivity index (χ0n) is 27.9. The lowest BCUT2D eigenvalue weighted by Gasteiger charge is -2.24. The number of aliphatic imine (C=N–C) groups is 2. The summed E-state index contributed by atoms with van der Waals surface area (Å²) in [4.78, 5) is 10.5. The number of nitrogens with zero attached hydrogens (tertiary/aromatic N) is 2. The molecule has 0 saturated heterocycles. The maximum absolute atomic E-state index is 6.60. The Morgan fingerprint density at radius 2 is 1.15 bits per heavy atom. The lowest BCUT2D eigenvalue weighted by molar-refractivity contribution is 0.668. The molecule has 2 aromatic heterocycles. The van der Waals surface area contributed by atoms with Gasteiger partial charge in [-0.05, 0) is 80.7 Å².